The van der Waals surface area contributed by atoms with Gasteiger partial charge < -0.3 is 9.64 Å². The molecule has 1 amide bonds. The monoisotopic (exact) mass is 199 g/mol. The van der Waals surface area contributed by atoms with Crippen molar-refractivity contribution in [3.05, 3.63) is 0 Å². The summed E-state index contributed by atoms with van der Waals surface area (Å²) in [6, 6.07) is 0. The molecule has 0 spiro atoms. The first-order valence-corrected chi connectivity index (χ1v) is 5.36. The van der Waals surface area contributed by atoms with E-state index in [1.807, 2.05) is 25.7 Å². The van der Waals surface area contributed by atoms with E-state index in [9.17, 15) is 4.79 Å². The van der Waals surface area contributed by atoms with Gasteiger partial charge in [-0.2, -0.15) is 0 Å². The lowest BCUT2D eigenvalue weighted by molar-refractivity contribution is 0.0190. The molecule has 0 radical (unpaired) electrons. The van der Waals surface area contributed by atoms with Gasteiger partial charge >= 0.3 is 6.09 Å². The maximum Gasteiger partial charge on any atom is 0.410 e. The number of amides is 1. The van der Waals surface area contributed by atoms with Crippen molar-refractivity contribution >= 4 is 6.09 Å². The Morgan fingerprint density at radius 2 is 1.79 bits per heavy atom. The topological polar surface area (TPSA) is 29.5 Å². The minimum absolute atomic E-state index is 0.163. The summed E-state index contributed by atoms with van der Waals surface area (Å²) in [6.45, 7) is 9.62. The number of hydrogen-bond donors (Lipinski definition) is 0. The second-order valence-electron chi connectivity index (χ2n) is 5.15. The Morgan fingerprint density at radius 1 is 1.29 bits per heavy atom. The first-order valence-electron chi connectivity index (χ1n) is 5.36. The molecule has 0 aliphatic carbocycles. The third-order valence-corrected chi connectivity index (χ3v) is 2.44. The average Bonchev–Trinajstić information content (AvgIpc) is 2.02. The first-order chi connectivity index (χ1) is 6.38. The van der Waals surface area contributed by atoms with E-state index in [-0.39, 0.29) is 11.7 Å². The Bertz CT molecular complexity index is 200. The number of rotatable bonds is 0. The van der Waals surface area contributed by atoms with Crippen molar-refractivity contribution in [2.24, 2.45) is 5.92 Å². The third kappa shape index (κ3) is 3.56. The van der Waals surface area contributed by atoms with Crippen molar-refractivity contribution in [3.63, 3.8) is 0 Å². The highest BCUT2D eigenvalue weighted by molar-refractivity contribution is 5.68. The van der Waals surface area contributed by atoms with Crippen LogP contribution < -0.4 is 0 Å². The van der Waals surface area contributed by atoms with Crippen LogP contribution in [-0.4, -0.2) is 29.7 Å². The Hall–Kier alpha value is -0.730. The average molecular weight is 199 g/mol. The van der Waals surface area contributed by atoms with Gasteiger partial charge in [-0.25, -0.2) is 4.79 Å². The molecule has 0 unspecified atom stereocenters. The van der Waals surface area contributed by atoms with Crippen LogP contribution in [0.4, 0.5) is 4.79 Å². The van der Waals surface area contributed by atoms with Crippen molar-refractivity contribution in [1.82, 2.24) is 4.90 Å². The number of carbonyl (C=O) groups is 1. The number of piperidine rings is 1. The standard InChI is InChI=1S/C11H21NO2/c1-9-5-7-12(8-6-9)10(13)14-11(2,3)4/h9H,5-8H2,1-4H3. The summed E-state index contributed by atoms with van der Waals surface area (Å²) >= 11 is 0. The summed E-state index contributed by atoms with van der Waals surface area (Å²) in [7, 11) is 0. The molecule has 1 heterocycles. The van der Waals surface area contributed by atoms with Gasteiger partial charge in [0.25, 0.3) is 0 Å². The van der Waals surface area contributed by atoms with Crippen LogP contribution in [-0.2, 0) is 4.74 Å². The molecular weight excluding hydrogens is 178 g/mol. The molecule has 1 aliphatic heterocycles. The molecule has 0 aromatic carbocycles. The van der Waals surface area contributed by atoms with E-state index in [0.29, 0.717) is 0 Å². The fourth-order valence-corrected chi connectivity index (χ4v) is 1.52. The molecular formula is C11H21NO2. The second kappa shape index (κ2) is 4.20. The van der Waals surface area contributed by atoms with E-state index in [1.54, 1.807) is 0 Å². The first kappa shape index (κ1) is 11.3. The SMILES string of the molecule is CC1CCN(C(=O)OC(C)(C)C)CC1. The Kier molecular flexibility index (Phi) is 3.40. The Labute approximate surface area is 86.4 Å². The van der Waals surface area contributed by atoms with E-state index < -0.39 is 0 Å². The van der Waals surface area contributed by atoms with Gasteiger partial charge in [-0.3, -0.25) is 0 Å². The predicted molar refractivity (Wildman–Crippen MR) is 56.2 cm³/mol. The molecule has 0 saturated carbocycles. The largest absolute Gasteiger partial charge is 0.444 e. The van der Waals surface area contributed by atoms with Gasteiger partial charge in [-0.05, 0) is 39.5 Å². The molecule has 1 saturated heterocycles. The molecule has 0 aromatic rings. The van der Waals surface area contributed by atoms with Crippen LogP contribution in [0.15, 0.2) is 0 Å². The molecule has 1 aliphatic rings. The predicted octanol–water partition coefficient (Wildman–Crippen LogP) is 2.65. The van der Waals surface area contributed by atoms with Gasteiger partial charge in [0, 0.05) is 13.1 Å². The zero-order valence-corrected chi connectivity index (χ0v) is 9.67. The van der Waals surface area contributed by atoms with Gasteiger partial charge in [-0.1, -0.05) is 6.92 Å². The normalized spacial score (nSPS) is 19.6. The van der Waals surface area contributed by atoms with Crippen LogP contribution in [0.1, 0.15) is 40.5 Å². The van der Waals surface area contributed by atoms with Crippen molar-refractivity contribution in [3.8, 4) is 0 Å². The van der Waals surface area contributed by atoms with Crippen molar-refractivity contribution < 1.29 is 9.53 Å². The van der Waals surface area contributed by atoms with Gasteiger partial charge in [0.1, 0.15) is 5.60 Å². The van der Waals surface area contributed by atoms with E-state index in [1.165, 1.54) is 0 Å². The fraction of sp³-hybridized carbons (Fsp3) is 0.909. The molecule has 3 heteroatoms. The molecule has 0 aromatic heterocycles. The number of ether oxygens (including phenoxy) is 1. The molecule has 0 bridgehead atoms. The zero-order chi connectivity index (χ0) is 10.8. The van der Waals surface area contributed by atoms with Gasteiger partial charge in [-0.15, -0.1) is 0 Å². The summed E-state index contributed by atoms with van der Waals surface area (Å²) < 4.78 is 5.30. The van der Waals surface area contributed by atoms with Crippen LogP contribution in [0.25, 0.3) is 0 Å². The summed E-state index contributed by atoms with van der Waals surface area (Å²) in [5, 5.41) is 0. The minimum Gasteiger partial charge on any atom is -0.444 e. The van der Waals surface area contributed by atoms with Crippen molar-refractivity contribution in [2.45, 2.75) is 46.1 Å². The third-order valence-electron chi connectivity index (χ3n) is 2.44. The highest BCUT2D eigenvalue weighted by atomic mass is 16.6. The smallest absolute Gasteiger partial charge is 0.410 e. The second-order valence-corrected chi connectivity index (χ2v) is 5.15. The lowest BCUT2D eigenvalue weighted by Crippen LogP contribution is -2.41. The van der Waals surface area contributed by atoms with Crippen LogP contribution in [0.5, 0.6) is 0 Å². The Balaban J connectivity index is 2.38. The molecule has 0 atom stereocenters. The number of likely N-dealkylation sites (tertiary alicyclic amines) is 1. The maximum atomic E-state index is 11.6. The number of carbonyl (C=O) groups excluding carboxylic acids is 1. The van der Waals surface area contributed by atoms with Crippen LogP contribution in [0.2, 0.25) is 0 Å². The van der Waals surface area contributed by atoms with E-state index in [0.717, 1.165) is 31.8 Å². The summed E-state index contributed by atoms with van der Waals surface area (Å²) in [4.78, 5) is 13.4. The van der Waals surface area contributed by atoms with E-state index in [2.05, 4.69) is 6.92 Å². The molecule has 1 rings (SSSR count). The van der Waals surface area contributed by atoms with Crippen molar-refractivity contribution in [2.75, 3.05) is 13.1 Å². The molecule has 14 heavy (non-hydrogen) atoms. The van der Waals surface area contributed by atoms with E-state index in [4.69, 9.17) is 4.74 Å². The van der Waals surface area contributed by atoms with E-state index >= 15 is 0 Å². The quantitative estimate of drug-likeness (QED) is 0.600. The van der Waals surface area contributed by atoms with Crippen LogP contribution in [0, 0.1) is 5.92 Å². The van der Waals surface area contributed by atoms with Gasteiger partial charge in [0.15, 0.2) is 0 Å². The molecule has 82 valence electrons. The minimum atomic E-state index is -0.375. The van der Waals surface area contributed by atoms with Crippen molar-refractivity contribution in [1.29, 1.82) is 0 Å². The van der Waals surface area contributed by atoms with Gasteiger partial charge in [0.2, 0.25) is 0 Å². The maximum absolute atomic E-state index is 11.6. The number of nitrogens with zero attached hydrogens (tertiary/aromatic N) is 1. The lowest BCUT2D eigenvalue weighted by atomic mass is 10.00. The molecule has 1 fully saturated rings. The van der Waals surface area contributed by atoms with Crippen LogP contribution in [0.3, 0.4) is 0 Å². The highest BCUT2D eigenvalue weighted by Gasteiger charge is 2.24. The summed E-state index contributed by atoms with van der Waals surface area (Å²) in [6.07, 6.45) is 2.03. The van der Waals surface area contributed by atoms with Gasteiger partial charge in [0.05, 0.1) is 0 Å². The fourth-order valence-electron chi connectivity index (χ4n) is 1.52. The number of hydrogen-bond acceptors (Lipinski definition) is 2. The highest BCUT2D eigenvalue weighted by Crippen LogP contribution is 2.18. The summed E-state index contributed by atoms with van der Waals surface area (Å²) in [5.41, 5.74) is -0.375. The lowest BCUT2D eigenvalue weighted by Gasteiger charge is -2.32. The zero-order valence-electron chi connectivity index (χ0n) is 9.67. The summed E-state index contributed by atoms with van der Waals surface area (Å²) in [5.74, 6) is 0.744. The molecule has 3 nitrogen and oxygen atoms in total. The Morgan fingerprint density at radius 3 is 2.21 bits per heavy atom. The van der Waals surface area contributed by atoms with Crippen LogP contribution >= 0.6 is 0 Å². The molecule has 0 N–H and O–H groups in total.